The summed E-state index contributed by atoms with van der Waals surface area (Å²) < 4.78 is 12.9. The van der Waals surface area contributed by atoms with Gasteiger partial charge in [-0.3, -0.25) is 5.32 Å². The third-order valence-electron chi connectivity index (χ3n) is 3.56. The van der Waals surface area contributed by atoms with Crippen LogP contribution in [0.15, 0.2) is 54.6 Å². The highest BCUT2D eigenvalue weighted by Crippen LogP contribution is 2.19. The van der Waals surface area contributed by atoms with Crippen LogP contribution in [0.3, 0.4) is 0 Å². The predicted molar refractivity (Wildman–Crippen MR) is 96.0 cm³/mol. The highest BCUT2D eigenvalue weighted by Gasteiger charge is 2.13. The second-order valence-electron chi connectivity index (χ2n) is 5.58. The monoisotopic (exact) mass is 356 g/mol. The first-order chi connectivity index (χ1) is 12.1. The number of carbonyl (C=O) groups excluding carboxylic acids is 1. The smallest absolute Gasteiger partial charge is 0.323 e. The van der Waals surface area contributed by atoms with E-state index in [9.17, 15) is 9.18 Å². The van der Waals surface area contributed by atoms with Crippen molar-refractivity contribution in [1.29, 1.82) is 0 Å². The Labute approximate surface area is 149 Å². The Morgan fingerprint density at radius 2 is 1.80 bits per heavy atom. The average molecular weight is 356 g/mol. The molecule has 0 aliphatic rings. The van der Waals surface area contributed by atoms with Crippen molar-refractivity contribution >= 4 is 22.5 Å². The van der Waals surface area contributed by atoms with Crippen LogP contribution in [0, 0.1) is 5.82 Å². The molecule has 0 bridgehead atoms. The fraction of sp³-hybridized carbons (Fsp3) is 0.167. The van der Waals surface area contributed by atoms with E-state index in [1.54, 1.807) is 19.2 Å². The molecule has 3 aromatic rings. The van der Waals surface area contributed by atoms with Gasteiger partial charge in [0.05, 0.1) is 0 Å². The molecule has 5 nitrogen and oxygen atoms in total. The standard InChI is InChI=1S/C18H17FN4OS/c1-23(12-14-7-9-15(19)10-8-14)18(24)20-17-22-21-16(25-17)11-13-5-3-2-4-6-13/h2-10H,11-12H2,1H3,(H,20,22,24). The van der Waals surface area contributed by atoms with Gasteiger partial charge in [-0.25, -0.2) is 9.18 Å². The van der Waals surface area contributed by atoms with E-state index >= 15 is 0 Å². The second kappa shape index (κ2) is 7.85. The lowest BCUT2D eigenvalue weighted by atomic mass is 10.2. The molecule has 0 aliphatic heterocycles. The molecule has 1 heterocycles. The van der Waals surface area contributed by atoms with E-state index in [1.807, 2.05) is 30.3 Å². The zero-order valence-electron chi connectivity index (χ0n) is 13.6. The van der Waals surface area contributed by atoms with Crippen LogP contribution in [0.5, 0.6) is 0 Å². The Balaban J connectivity index is 1.56. The molecule has 7 heteroatoms. The largest absolute Gasteiger partial charge is 0.323 e. The predicted octanol–water partition coefficient (Wildman–Crippen LogP) is 3.93. The number of aromatic nitrogens is 2. The minimum absolute atomic E-state index is 0.285. The molecule has 0 unspecified atom stereocenters. The van der Waals surface area contributed by atoms with Crippen molar-refractivity contribution in [3.63, 3.8) is 0 Å². The molecule has 1 aromatic heterocycles. The molecule has 1 N–H and O–H groups in total. The van der Waals surface area contributed by atoms with Gasteiger partial charge >= 0.3 is 6.03 Å². The number of urea groups is 1. The molecular formula is C18H17FN4OS. The first-order valence-corrected chi connectivity index (χ1v) is 8.54. The number of amides is 2. The van der Waals surface area contributed by atoms with Crippen molar-refractivity contribution in [2.75, 3.05) is 12.4 Å². The van der Waals surface area contributed by atoms with E-state index in [2.05, 4.69) is 15.5 Å². The number of rotatable bonds is 5. The normalized spacial score (nSPS) is 10.5. The number of nitrogens with one attached hydrogen (secondary N) is 1. The van der Waals surface area contributed by atoms with Gasteiger partial charge in [0.1, 0.15) is 10.8 Å². The van der Waals surface area contributed by atoms with Gasteiger partial charge in [-0.05, 0) is 23.3 Å². The van der Waals surface area contributed by atoms with Crippen LogP contribution in [0.1, 0.15) is 16.1 Å². The maximum Gasteiger partial charge on any atom is 0.323 e. The third kappa shape index (κ3) is 4.84. The van der Waals surface area contributed by atoms with E-state index in [0.717, 1.165) is 16.1 Å². The van der Waals surface area contributed by atoms with Crippen molar-refractivity contribution in [2.45, 2.75) is 13.0 Å². The van der Waals surface area contributed by atoms with Crippen LogP contribution in [-0.2, 0) is 13.0 Å². The minimum atomic E-state index is -0.296. The molecular weight excluding hydrogens is 339 g/mol. The minimum Gasteiger partial charge on any atom is -0.323 e. The summed E-state index contributed by atoms with van der Waals surface area (Å²) in [6, 6.07) is 15.7. The topological polar surface area (TPSA) is 58.1 Å². The van der Waals surface area contributed by atoms with E-state index < -0.39 is 0 Å². The number of benzene rings is 2. The molecule has 2 amide bonds. The number of hydrogen-bond acceptors (Lipinski definition) is 4. The summed E-state index contributed by atoms with van der Waals surface area (Å²) in [5.74, 6) is -0.296. The second-order valence-corrected chi connectivity index (χ2v) is 6.64. The summed E-state index contributed by atoms with van der Waals surface area (Å²) in [5, 5.41) is 12.2. The molecule has 128 valence electrons. The summed E-state index contributed by atoms with van der Waals surface area (Å²) in [7, 11) is 1.67. The summed E-state index contributed by atoms with van der Waals surface area (Å²) >= 11 is 1.35. The molecule has 0 spiro atoms. The van der Waals surface area contributed by atoms with Gasteiger partial charge in [0.15, 0.2) is 0 Å². The molecule has 0 atom stereocenters. The number of anilines is 1. The Kier molecular flexibility index (Phi) is 5.35. The Morgan fingerprint density at radius 1 is 1.08 bits per heavy atom. The van der Waals surface area contributed by atoms with Crippen LogP contribution in [0.25, 0.3) is 0 Å². The molecule has 0 fully saturated rings. The van der Waals surface area contributed by atoms with Gasteiger partial charge in [0.25, 0.3) is 0 Å². The first kappa shape index (κ1) is 17.0. The molecule has 0 saturated heterocycles. The number of hydrogen-bond donors (Lipinski definition) is 1. The number of nitrogens with zero attached hydrogens (tertiary/aromatic N) is 3. The first-order valence-electron chi connectivity index (χ1n) is 7.73. The number of halogens is 1. The zero-order valence-corrected chi connectivity index (χ0v) is 14.5. The summed E-state index contributed by atoms with van der Waals surface area (Å²) in [5.41, 5.74) is 1.99. The van der Waals surface area contributed by atoms with Crippen LogP contribution in [0.4, 0.5) is 14.3 Å². The van der Waals surface area contributed by atoms with Gasteiger partial charge in [-0.15, -0.1) is 10.2 Å². The van der Waals surface area contributed by atoms with Crippen molar-refractivity contribution in [1.82, 2.24) is 15.1 Å². The average Bonchev–Trinajstić information content (AvgIpc) is 3.04. The lowest BCUT2D eigenvalue weighted by Gasteiger charge is -2.16. The van der Waals surface area contributed by atoms with Crippen molar-refractivity contribution < 1.29 is 9.18 Å². The lowest BCUT2D eigenvalue weighted by Crippen LogP contribution is -2.30. The third-order valence-corrected chi connectivity index (χ3v) is 4.40. The maximum absolute atomic E-state index is 12.9. The van der Waals surface area contributed by atoms with Gasteiger partial charge in [-0.2, -0.15) is 0 Å². The van der Waals surface area contributed by atoms with E-state index in [4.69, 9.17) is 0 Å². The molecule has 0 aliphatic carbocycles. The van der Waals surface area contributed by atoms with Gasteiger partial charge in [0, 0.05) is 20.0 Å². The fourth-order valence-corrected chi connectivity index (χ4v) is 3.03. The Morgan fingerprint density at radius 3 is 2.52 bits per heavy atom. The Bertz CT molecular complexity index is 836. The molecule has 0 saturated carbocycles. The fourth-order valence-electron chi connectivity index (χ4n) is 2.27. The van der Waals surface area contributed by atoms with Gasteiger partial charge in [0.2, 0.25) is 5.13 Å². The van der Waals surface area contributed by atoms with E-state index in [0.29, 0.717) is 18.1 Å². The molecule has 25 heavy (non-hydrogen) atoms. The van der Waals surface area contributed by atoms with Gasteiger partial charge in [-0.1, -0.05) is 53.8 Å². The van der Waals surface area contributed by atoms with Crippen molar-refractivity contribution in [3.05, 3.63) is 76.5 Å². The zero-order chi connectivity index (χ0) is 17.6. The SMILES string of the molecule is CN(Cc1ccc(F)cc1)C(=O)Nc1nnc(Cc2ccccc2)s1. The van der Waals surface area contributed by atoms with E-state index in [-0.39, 0.29) is 11.8 Å². The maximum atomic E-state index is 12.9. The van der Waals surface area contributed by atoms with Crippen LogP contribution >= 0.6 is 11.3 Å². The summed E-state index contributed by atoms with van der Waals surface area (Å²) in [4.78, 5) is 13.7. The van der Waals surface area contributed by atoms with Gasteiger partial charge < -0.3 is 4.90 Å². The van der Waals surface area contributed by atoms with Crippen LogP contribution in [-0.4, -0.2) is 28.2 Å². The quantitative estimate of drug-likeness (QED) is 0.753. The highest BCUT2D eigenvalue weighted by atomic mass is 32.1. The van der Waals surface area contributed by atoms with Crippen molar-refractivity contribution in [2.24, 2.45) is 0 Å². The van der Waals surface area contributed by atoms with E-state index in [1.165, 1.54) is 28.4 Å². The summed E-state index contributed by atoms with van der Waals surface area (Å²) in [6.45, 7) is 0.377. The highest BCUT2D eigenvalue weighted by molar-refractivity contribution is 7.15. The molecule has 3 rings (SSSR count). The molecule has 0 radical (unpaired) electrons. The lowest BCUT2D eigenvalue weighted by molar-refractivity contribution is 0.220. The van der Waals surface area contributed by atoms with Crippen molar-refractivity contribution in [3.8, 4) is 0 Å². The molecule has 2 aromatic carbocycles. The number of carbonyl (C=O) groups is 1. The van der Waals surface area contributed by atoms with Crippen LogP contribution < -0.4 is 5.32 Å². The Hall–Kier alpha value is -2.80. The summed E-state index contributed by atoms with van der Waals surface area (Å²) in [6.07, 6.45) is 0.680. The van der Waals surface area contributed by atoms with Crippen LogP contribution in [0.2, 0.25) is 0 Å².